The molecule has 1 aliphatic rings. The van der Waals surface area contributed by atoms with Gasteiger partial charge >= 0.3 is 6.03 Å². The average molecular weight is 374 g/mol. The molecule has 1 aromatic heterocycles. The van der Waals surface area contributed by atoms with Gasteiger partial charge in [-0.2, -0.15) is 0 Å². The quantitative estimate of drug-likeness (QED) is 0.660. The van der Waals surface area contributed by atoms with E-state index in [-0.39, 0.29) is 5.57 Å². The van der Waals surface area contributed by atoms with Crippen molar-refractivity contribution in [1.29, 1.82) is 0 Å². The van der Waals surface area contributed by atoms with Gasteiger partial charge in [-0.25, -0.2) is 9.69 Å². The maximum Gasteiger partial charge on any atom is 0.335 e. The predicted octanol–water partition coefficient (Wildman–Crippen LogP) is 2.97. The lowest BCUT2D eigenvalue weighted by Crippen LogP contribution is -2.54. The summed E-state index contributed by atoms with van der Waals surface area (Å²) in [4.78, 5) is 39.9. The molecule has 0 atom stereocenters. The summed E-state index contributed by atoms with van der Waals surface area (Å²) in [6.07, 6.45) is 1.31. The van der Waals surface area contributed by atoms with Crippen molar-refractivity contribution in [2.24, 2.45) is 0 Å². The molecule has 1 aromatic carbocycles. The largest absolute Gasteiger partial charge is 0.441 e. The first-order chi connectivity index (χ1) is 12.3. The minimum absolute atomic E-state index is 0.205. The van der Waals surface area contributed by atoms with Crippen LogP contribution in [0, 0.1) is 6.92 Å². The van der Waals surface area contributed by atoms with Gasteiger partial charge in [-0.15, -0.1) is 0 Å². The molecule has 8 heteroatoms. The van der Waals surface area contributed by atoms with Crippen LogP contribution in [0.5, 0.6) is 0 Å². The summed E-state index contributed by atoms with van der Waals surface area (Å²) in [5.74, 6) is -0.630. The van der Waals surface area contributed by atoms with Gasteiger partial charge in [0.15, 0.2) is 5.88 Å². The van der Waals surface area contributed by atoms with Crippen molar-refractivity contribution in [3.8, 4) is 0 Å². The summed E-state index contributed by atoms with van der Waals surface area (Å²) in [6.45, 7) is 1.69. The number of urea groups is 1. The Morgan fingerprint density at radius 3 is 2.54 bits per heavy atom. The van der Waals surface area contributed by atoms with Crippen LogP contribution in [-0.4, -0.2) is 31.9 Å². The Hall–Kier alpha value is -3.06. The maximum atomic E-state index is 12.8. The van der Waals surface area contributed by atoms with Gasteiger partial charge in [-0.05, 0) is 36.8 Å². The first kappa shape index (κ1) is 17.8. The third-order valence-electron chi connectivity index (χ3n) is 3.92. The number of barbiturate groups is 1. The van der Waals surface area contributed by atoms with Gasteiger partial charge in [0.05, 0.1) is 5.69 Å². The van der Waals surface area contributed by atoms with Crippen molar-refractivity contribution in [3.63, 3.8) is 0 Å². The molecule has 0 bridgehead atoms. The van der Waals surface area contributed by atoms with E-state index in [1.54, 1.807) is 56.3 Å². The number of carbonyl (C=O) groups is 3. The van der Waals surface area contributed by atoms with Crippen LogP contribution in [0.25, 0.3) is 6.08 Å². The minimum atomic E-state index is -0.823. The number of furan rings is 1. The second kappa shape index (κ2) is 6.68. The smallest absolute Gasteiger partial charge is 0.335 e. The van der Waals surface area contributed by atoms with Gasteiger partial charge in [-0.1, -0.05) is 17.7 Å². The van der Waals surface area contributed by atoms with E-state index in [9.17, 15) is 14.4 Å². The molecule has 7 nitrogen and oxygen atoms in total. The van der Waals surface area contributed by atoms with Gasteiger partial charge in [-0.3, -0.25) is 14.9 Å². The molecular formula is C18H16ClN3O4. The lowest BCUT2D eigenvalue weighted by atomic mass is 10.1. The highest BCUT2D eigenvalue weighted by atomic mass is 35.5. The van der Waals surface area contributed by atoms with E-state index in [1.165, 1.54) is 6.08 Å². The fraction of sp³-hybridized carbons (Fsp3) is 0.167. The number of halogens is 1. The summed E-state index contributed by atoms with van der Waals surface area (Å²) in [5, 5.41) is 2.58. The molecule has 0 saturated carbocycles. The number of hydrogen-bond donors (Lipinski definition) is 1. The minimum Gasteiger partial charge on any atom is -0.441 e. The zero-order valence-electron chi connectivity index (χ0n) is 14.4. The highest BCUT2D eigenvalue weighted by Gasteiger charge is 2.37. The van der Waals surface area contributed by atoms with E-state index >= 15 is 0 Å². The van der Waals surface area contributed by atoms with Gasteiger partial charge in [0, 0.05) is 25.2 Å². The van der Waals surface area contributed by atoms with Crippen LogP contribution < -0.4 is 15.1 Å². The van der Waals surface area contributed by atoms with Crippen molar-refractivity contribution < 1.29 is 18.8 Å². The molecule has 2 aromatic rings. The molecule has 134 valence electrons. The molecule has 0 radical (unpaired) electrons. The summed E-state index contributed by atoms with van der Waals surface area (Å²) in [7, 11) is 3.60. The highest BCUT2D eigenvalue weighted by Crippen LogP contribution is 2.29. The van der Waals surface area contributed by atoms with Crippen LogP contribution in [0.4, 0.5) is 16.4 Å². The number of benzene rings is 1. The Labute approximate surface area is 154 Å². The molecule has 4 amide bonds. The van der Waals surface area contributed by atoms with Crippen LogP contribution in [0.15, 0.2) is 40.3 Å². The van der Waals surface area contributed by atoms with Crippen molar-refractivity contribution >= 4 is 47.1 Å². The Morgan fingerprint density at radius 2 is 1.88 bits per heavy atom. The molecule has 0 aliphatic carbocycles. The standard InChI is InChI=1S/C18H16ClN3O4/c1-10-13(19)5-4-6-14(10)22-17(24)12(16(23)20-18(22)25)9-11-7-8-15(26-11)21(2)3/h4-9H,1-3H3,(H,20,23,25)/b12-9+. The van der Waals surface area contributed by atoms with Crippen molar-refractivity contribution in [3.05, 3.63) is 52.3 Å². The van der Waals surface area contributed by atoms with Gasteiger partial charge in [0.1, 0.15) is 11.3 Å². The third-order valence-corrected chi connectivity index (χ3v) is 4.33. The Balaban J connectivity index is 2.02. The lowest BCUT2D eigenvalue weighted by molar-refractivity contribution is -0.122. The molecule has 1 saturated heterocycles. The Morgan fingerprint density at radius 1 is 1.15 bits per heavy atom. The molecule has 0 unspecified atom stereocenters. The van der Waals surface area contributed by atoms with Crippen LogP contribution >= 0.6 is 11.6 Å². The van der Waals surface area contributed by atoms with Crippen LogP contribution in [0.3, 0.4) is 0 Å². The van der Waals surface area contributed by atoms with Crippen LogP contribution in [-0.2, 0) is 9.59 Å². The molecule has 26 heavy (non-hydrogen) atoms. The topological polar surface area (TPSA) is 82.9 Å². The molecule has 2 heterocycles. The van der Waals surface area contributed by atoms with Gasteiger partial charge < -0.3 is 9.32 Å². The summed E-state index contributed by atoms with van der Waals surface area (Å²) < 4.78 is 5.55. The monoisotopic (exact) mass is 373 g/mol. The number of imide groups is 2. The van der Waals surface area contributed by atoms with E-state index in [2.05, 4.69) is 5.32 Å². The van der Waals surface area contributed by atoms with E-state index < -0.39 is 17.8 Å². The average Bonchev–Trinajstić information content (AvgIpc) is 3.04. The Bertz CT molecular complexity index is 946. The zero-order valence-corrected chi connectivity index (χ0v) is 15.1. The number of nitrogens with one attached hydrogen (secondary N) is 1. The normalized spacial score (nSPS) is 16.2. The second-order valence-corrected chi connectivity index (χ2v) is 6.32. The first-order valence-corrected chi connectivity index (χ1v) is 8.11. The number of hydrogen-bond acceptors (Lipinski definition) is 5. The van der Waals surface area contributed by atoms with Crippen molar-refractivity contribution in [2.75, 3.05) is 23.9 Å². The molecule has 3 rings (SSSR count). The number of rotatable bonds is 3. The summed E-state index contributed by atoms with van der Waals surface area (Å²) in [6, 6.07) is 7.39. The summed E-state index contributed by atoms with van der Waals surface area (Å²) >= 11 is 6.08. The molecule has 1 N–H and O–H groups in total. The van der Waals surface area contributed by atoms with E-state index in [4.69, 9.17) is 16.0 Å². The first-order valence-electron chi connectivity index (χ1n) is 7.73. The van der Waals surface area contributed by atoms with E-state index in [0.717, 1.165) is 4.90 Å². The predicted molar refractivity (Wildman–Crippen MR) is 98.2 cm³/mol. The number of nitrogens with zero attached hydrogens (tertiary/aromatic N) is 2. The maximum absolute atomic E-state index is 12.8. The number of anilines is 2. The third kappa shape index (κ3) is 3.09. The lowest BCUT2D eigenvalue weighted by Gasteiger charge is -2.27. The molecule has 1 aliphatic heterocycles. The summed E-state index contributed by atoms with van der Waals surface area (Å²) in [5.41, 5.74) is 0.662. The van der Waals surface area contributed by atoms with Gasteiger partial charge in [0.25, 0.3) is 11.8 Å². The van der Waals surface area contributed by atoms with Gasteiger partial charge in [0.2, 0.25) is 0 Å². The van der Waals surface area contributed by atoms with Crippen molar-refractivity contribution in [2.45, 2.75) is 6.92 Å². The fourth-order valence-corrected chi connectivity index (χ4v) is 2.69. The zero-order chi connectivity index (χ0) is 19.0. The molecule has 0 spiro atoms. The van der Waals surface area contributed by atoms with Crippen LogP contribution in [0.1, 0.15) is 11.3 Å². The number of amides is 4. The Kier molecular flexibility index (Phi) is 4.56. The molecule has 1 fully saturated rings. The SMILES string of the molecule is Cc1c(Cl)cccc1N1C(=O)NC(=O)/C(=C\c2ccc(N(C)C)o2)C1=O. The van der Waals surface area contributed by atoms with E-state index in [0.29, 0.717) is 27.9 Å². The number of carbonyl (C=O) groups excluding carboxylic acids is 3. The van der Waals surface area contributed by atoms with Crippen LogP contribution in [0.2, 0.25) is 5.02 Å². The fourth-order valence-electron chi connectivity index (χ4n) is 2.52. The molecular weight excluding hydrogens is 358 g/mol. The van der Waals surface area contributed by atoms with Crippen molar-refractivity contribution in [1.82, 2.24) is 5.32 Å². The second-order valence-electron chi connectivity index (χ2n) is 5.91. The van der Waals surface area contributed by atoms with E-state index in [1.807, 2.05) is 0 Å². The highest BCUT2D eigenvalue weighted by molar-refractivity contribution is 6.39.